The first kappa shape index (κ1) is 19.6. The van der Waals surface area contributed by atoms with Crippen LogP contribution in [0.2, 0.25) is 0 Å². The number of amides is 1. The number of nitrogens with one attached hydrogen (secondary N) is 2. The Balaban J connectivity index is 1.30. The van der Waals surface area contributed by atoms with E-state index >= 15 is 0 Å². The van der Waals surface area contributed by atoms with Crippen molar-refractivity contribution in [3.8, 4) is 5.75 Å². The summed E-state index contributed by atoms with van der Waals surface area (Å²) in [6.45, 7) is 3.31. The molecule has 10 heteroatoms. The highest BCUT2D eigenvalue weighted by molar-refractivity contribution is 6.02. The number of carbonyl (C=O) groups excluding carboxylic acids is 1. The molecule has 1 atom stereocenters. The highest BCUT2D eigenvalue weighted by Crippen LogP contribution is 2.28. The van der Waals surface area contributed by atoms with Crippen molar-refractivity contribution >= 4 is 23.4 Å². The number of anilines is 3. The molecular weight excluding hydrogens is 389 g/mol. The number of carbonyl (C=O) groups is 1. The molecule has 1 amide bonds. The van der Waals surface area contributed by atoms with Crippen molar-refractivity contribution in [3.05, 3.63) is 54.2 Å². The number of fused-ring (bicyclic) bond motifs is 1. The molecule has 1 aliphatic heterocycles. The largest absolute Gasteiger partial charge is 0.492 e. The van der Waals surface area contributed by atoms with Crippen LogP contribution in [0, 0.1) is 5.82 Å². The molecule has 2 N–H and O–H groups in total. The molecule has 1 aliphatic rings. The first-order valence-corrected chi connectivity index (χ1v) is 9.54. The molecule has 0 bridgehead atoms. The summed E-state index contributed by atoms with van der Waals surface area (Å²) in [5.41, 5.74) is 1.56. The van der Waals surface area contributed by atoms with Crippen LogP contribution in [0.5, 0.6) is 5.75 Å². The smallest absolute Gasteiger partial charge is 0.246 e. The molecule has 0 saturated heterocycles. The van der Waals surface area contributed by atoms with Crippen LogP contribution < -0.4 is 20.3 Å². The van der Waals surface area contributed by atoms with Gasteiger partial charge in [0.2, 0.25) is 11.9 Å². The van der Waals surface area contributed by atoms with E-state index in [1.165, 1.54) is 12.1 Å². The van der Waals surface area contributed by atoms with Gasteiger partial charge in [-0.15, -0.1) is 0 Å². The van der Waals surface area contributed by atoms with Crippen molar-refractivity contribution in [2.75, 3.05) is 29.2 Å². The average Bonchev–Trinajstić information content (AvgIpc) is 3.20. The number of halogens is 1. The van der Waals surface area contributed by atoms with E-state index in [2.05, 4.69) is 25.7 Å². The van der Waals surface area contributed by atoms with Crippen molar-refractivity contribution in [2.24, 2.45) is 0 Å². The molecule has 0 fully saturated rings. The van der Waals surface area contributed by atoms with Crippen molar-refractivity contribution in [1.82, 2.24) is 19.7 Å². The zero-order valence-corrected chi connectivity index (χ0v) is 16.7. The summed E-state index contributed by atoms with van der Waals surface area (Å²) >= 11 is 0. The number of ether oxygens (including phenoxy) is 1. The van der Waals surface area contributed by atoms with Gasteiger partial charge in [0.25, 0.3) is 0 Å². The van der Waals surface area contributed by atoms with Gasteiger partial charge in [-0.05, 0) is 31.2 Å². The Kier molecular flexibility index (Phi) is 5.46. The predicted octanol–water partition coefficient (Wildman–Crippen LogP) is 2.28. The second kappa shape index (κ2) is 8.36. The molecule has 9 nitrogen and oxygen atoms in total. The van der Waals surface area contributed by atoms with E-state index in [0.717, 1.165) is 5.56 Å². The summed E-state index contributed by atoms with van der Waals surface area (Å²) in [5, 5.41) is 10.3. The first-order chi connectivity index (χ1) is 14.5. The number of rotatable bonds is 7. The maximum Gasteiger partial charge on any atom is 0.246 e. The minimum Gasteiger partial charge on any atom is -0.492 e. The van der Waals surface area contributed by atoms with Gasteiger partial charge in [-0.3, -0.25) is 9.48 Å². The molecule has 3 aromatic rings. The van der Waals surface area contributed by atoms with Gasteiger partial charge >= 0.3 is 0 Å². The van der Waals surface area contributed by atoms with Gasteiger partial charge in [-0.25, -0.2) is 9.37 Å². The van der Waals surface area contributed by atoms with Crippen LogP contribution in [-0.2, 0) is 17.9 Å². The van der Waals surface area contributed by atoms with Crippen LogP contribution >= 0.6 is 0 Å². The second-order valence-corrected chi connectivity index (χ2v) is 6.97. The molecule has 0 aliphatic carbocycles. The zero-order valence-electron chi connectivity index (χ0n) is 16.7. The molecule has 1 aromatic carbocycles. The molecule has 0 unspecified atom stereocenters. The van der Waals surface area contributed by atoms with E-state index in [-0.39, 0.29) is 17.8 Å². The summed E-state index contributed by atoms with van der Waals surface area (Å²) in [5.74, 6) is 1.39. The predicted molar refractivity (Wildman–Crippen MR) is 110 cm³/mol. The molecule has 156 valence electrons. The maximum absolute atomic E-state index is 12.9. The quantitative estimate of drug-likeness (QED) is 0.616. The van der Waals surface area contributed by atoms with Gasteiger partial charge in [-0.2, -0.15) is 10.1 Å². The van der Waals surface area contributed by atoms with Crippen molar-refractivity contribution < 1.29 is 13.9 Å². The summed E-state index contributed by atoms with van der Waals surface area (Å²) in [6, 6.07) is 5.62. The van der Waals surface area contributed by atoms with Crippen LogP contribution in [0.3, 0.4) is 0 Å². The normalized spacial score (nSPS) is 15.5. The van der Waals surface area contributed by atoms with Crippen molar-refractivity contribution in [2.45, 2.75) is 26.1 Å². The van der Waals surface area contributed by atoms with Crippen LogP contribution in [0.25, 0.3) is 0 Å². The Morgan fingerprint density at radius 2 is 2.07 bits per heavy atom. The number of benzene rings is 1. The molecule has 3 heterocycles. The lowest BCUT2D eigenvalue weighted by Crippen LogP contribution is -2.44. The number of aromatic nitrogens is 4. The monoisotopic (exact) mass is 411 g/mol. The van der Waals surface area contributed by atoms with E-state index < -0.39 is 0 Å². The Morgan fingerprint density at radius 1 is 1.27 bits per heavy atom. The fraction of sp³-hybridized carbons (Fsp3) is 0.300. The van der Waals surface area contributed by atoms with Gasteiger partial charge in [0, 0.05) is 25.4 Å². The zero-order chi connectivity index (χ0) is 21.1. The Labute approximate surface area is 172 Å². The van der Waals surface area contributed by atoms with E-state index in [9.17, 15) is 9.18 Å². The van der Waals surface area contributed by atoms with Crippen LogP contribution in [-0.4, -0.2) is 45.4 Å². The van der Waals surface area contributed by atoms with E-state index in [1.807, 2.05) is 25.1 Å². The lowest BCUT2D eigenvalue weighted by Gasteiger charge is -2.31. The highest BCUT2D eigenvalue weighted by Gasteiger charge is 2.28. The Hall–Kier alpha value is -3.69. The minimum absolute atomic E-state index is 0.0786. The third kappa shape index (κ3) is 4.32. The molecular formula is C20H22FN7O2. The van der Waals surface area contributed by atoms with Gasteiger partial charge in [0.05, 0.1) is 18.9 Å². The van der Waals surface area contributed by atoms with Gasteiger partial charge in [-0.1, -0.05) is 0 Å². The van der Waals surface area contributed by atoms with E-state index in [4.69, 9.17) is 4.74 Å². The highest BCUT2D eigenvalue weighted by atomic mass is 19.1. The van der Waals surface area contributed by atoms with E-state index in [1.54, 1.807) is 29.2 Å². The number of nitrogens with zero attached hydrogens (tertiary/aromatic N) is 5. The summed E-state index contributed by atoms with van der Waals surface area (Å²) in [7, 11) is 1.83. The third-order valence-corrected chi connectivity index (χ3v) is 4.86. The molecule has 0 radical (unpaired) electrons. The molecule has 0 saturated carbocycles. The van der Waals surface area contributed by atoms with Crippen LogP contribution in [0.15, 0.2) is 42.9 Å². The topological polar surface area (TPSA) is 97.2 Å². The van der Waals surface area contributed by atoms with Crippen LogP contribution in [0.1, 0.15) is 12.5 Å². The SMILES string of the molecule is C[C@H]1C(=O)Nc2cnc(NCc3cnn(CCOc4ccc(F)cc4)c3)nc2N1C. The number of hydrogen-bond acceptors (Lipinski definition) is 7. The second-order valence-electron chi connectivity index (χ2n) is 6.97. The standard InChI is InChI=1S/C20H22FN7O2/c1-13-19(29)25-17-11-23-20(26-18(17)27(13)2)22-9-14-10-24-28(12-14)7-8-30-16-5-3-15(21)4-6-16/h3-6,10-13H,7-9H2,1-2H3,(H,25,29)(H,22,23,26)/t13-/m0/s1. The van der Waals surface area contributed by atoms with Gasteiger partial charge in [0.1, 0.15) is 29.9 Å². The number of likely N-dealkylation sites (N-methyl/N-ethyl adjacent to an activating group) is 1. The maximum atomic E-state index is 12.9. The summed E-state index contributed by atoms with van der Waals surface area (Å²) < 4.78 is 20.3. The molecule has 2 aromatic heterocycles. The van der Waals surface area contributed by atoms with Crippen molar-refractivity contribution in [3.63, 3.8) is 0 Å². The van der Waals surface area contributed by atoms with Gasteiger partial charge in [0.15, 0.2) is 5.82 Å². The average molecular weight is 411 g/mol. The summed E-state index contributed by atoms with van der Waals surface area (Å²) in [6.07, 6.45) is 5.27. The fourth-order valence-electron chi connectivity index (χ4n) is 3.00. The number of hydrogen-bond donors (Lipinski definition) is 2. The Bertz CT molecular complexity index is 1040. The van der Waals surface area contributed by atoms with Crippen LogP contribution in [0.4, 0.5) is 21.8 Å². The lowest BCUT2D eigenvalue weighted by molar-refractivity contribution is -0.117. The molecule has 4 rings (SSSR count). The molecule has 30 heavy (non-hydrogen) atoms. The Morgan fingerprint density at radius 3 is 2.87 bits per heavy atom. The fourth-order valence-corrected chi connectivity index (χ4v) is 3.00. The minimum atomic E-state index is -0.296. The first-order valence-electron chi connectivity index (χ1n) is 9.54. The van der Waals surface area contributed by atoms with E-state index in [0.29, 0.717) is 42.9 Å². The molecule has 0 spiro atoms. The van der Waals surface area contributed by atoms with Gasteiger partial charge < -0.3 is 20.3 Å². The summed E-state index contributed by atoms with van der Waals surface area (Å²) in [4.78, 5) is 22.5. The van der Waals surface area contributed by atoms with Crippen molar-refractivity contribution in [1.29, 1.82) is 0 Å². The third-order valence-electron chi connectivity index (χ3n) is 4.86. The lowest BCUT2D eigenvalue weighted by atomic mass is 10.2.